The fourth-order valence-electron chi connectivity index (χ4n) is 5.71. The number of hydrogen-bond acceptors (Lipinski definition) is 7. The van der Waals surface area contributed by atoms with Crippen LogP contribution in [-0.2, 0) is 0 Å². The molecule has 0 saturated heterocycles. The number of fused-ring (bicyclic) bond motifs is 10. The van der Waals surface area contributed by atoms with E-state index in [1.807, 2.05) is 0 Å². The van der Waals surface area contributed by atoms with Gasteiger partial charge in [-0.05, 0) is 24.3 Å². The molecule has 2 aliphatic heterocycles. The number of nitrogens with zero attached hydrogens (tertiary/aromatic N) is 4. The Bertz CT molecular complexity index is 1700. The zero-order valence-electron chi connectivity index (χ0n) is 21.0. The first kappa shape index (κ1) is 25.3. The molecule has 11 heteroatoms. The molecule has 41 heavy (non-hydrogen) atoms. The normalized spacial score (nSPS) is 12.8. The molecule has 0 bridgehead atoms. The van der Waals surface area contributed by atoms with Crippen LogP contribution in [0.2, 0.25) is 0 Å². The van der Waals surface area contributed by atoms with Crippen molar-refractivity contribution in [3.8, 4) is 28.0 Å². The summed E-state index contributed by atoms with van der Waals surface area (Å²) in [5, 5.41) is 42.1. The van der Waals surface area contributed by atoms with Crippen molar-refractivity contribution < 1.29 is 19.9 Å². The summed E-state index contributed by atoms with van der Waals surface area (Å²) in [6, 6.07) is 36.2. The van der Waals surface area contributed by atoms with Crippen molar-refractivity contribution in [3.63, 3.8) is 0 Å². The maximum atomic E-state index is 11.1. The Morgan fingerprint density at radius 1 is 0.463 bits per heavy atom. The third kappa shape index (κ3) is 3.64. The summed E-state index contributed by atoms with van der Waals surface area (Å²) in [7, 11) is 0. The van der Waals surface area contributed by atoms with Crippen LogP contribution in [0.5, 0.6) is 5.75 Å². The molecule has 0 atom stereocenters. The minimum Gasteiger partial charge on any atom is -0.863 e. The molecule has 0 aromatic heterocycles. The Balaban J connectivity index is 0.000000165. The Kier molecular flexibility index (Phi) is 5.79. The number of nitro groups is 3. The largest absolute Gasteiger partial charge is 0.863 e. The van der Waals surface area contributed by atoms with Gasteiger partial charge in [-0.1, -0.05) is 48.5 Å². The van der Waals surface area contributed by atoms with Crippen molar-refractivity contribution in [2.75, 3.05) is 0 Å². The summed E-state index contributed by atoms with van der Waals surface area (Å²) in [6.45, 7) is 0. The molecule has 0 saturated carbocycles. The van der Waals surface area contributed by atoms with Gasteiger partial charge in [0, 0.05) is 24.3 Å². The number of quaternary nitrogens is 1. The molecular weight excluding hydrogens is 528 g/mol. The van der Waals surface area contributed by atoms with E-state index in [2.05, 4.69) is 97.1 Å². The summed E-state index contributed by atoms with van der Waals surface area (Å²) in [5.41, 5.74) is 7.48. The molecule has 5 aromatic carbocycles. The number of rotatable bonds is 3. The Hall–Kier alpha value is -5.94. The number of hydrogen-bond donors (Lipinski definition) is 0. The van der Waals surface area contributed by atoms with E-state index in [0.717, 1.165) is 0 Å². The second kappa shape index (κ2) is 9.36. The molecule has 0 fully saturated rings. The Morgan fingerprint density at radius 3 is 1.02 bits per heavy atom. The van der Waals surface area contributed by atoms with Crippen molar-refractivity contribution in [2.45, 2.75) is 0 Å². The zero-order chi connectivity index (χ0) is 28.9. The third-order valence-electron chi connectivity index (χ3n) is 7.28. The van der Waals surface area contributed by atoms with Gasteiger partial charge in [0.15, 0.2) is 22.7 Å². The molecule has 7 rings (SSSR count). The standard InChI is InChI=1S/C24H16N.C6H3N3O7/c1-5-13-21-17(9-1)18-10-2-6-14-22(18)25(21)23-15-7-3-11-19(23)20-12-4-8-16-24(20)25;10-6-4(8(13)14)1-3(7(11)12)2-5(6)9(15)16/h1-16H;1-2,10H/q+1;/p-1. The Labute approximate surface area is 231 Å². The highest BCUT2D eigenvalue weighted by Crippen LogP contribution is 2.68. The number of nitro benzene ring substituents is 3. The fourth-order valence-corrected chi connectivity index (χ4v) is 5.71. The third-order valence-corrected chi connectivity index (χ3v) is 7.28. The highest BCUT2D eigenvalue weighted by atomic mass is 16.6. The fraction of sp³-hybridized carbons (Fsp3) is 0. The van der Waals surface area contributed by atoms with E-state index in [1.54, 1.807) is 0 Å². The molecule has 2 heterocycles. The maximum absolute atomic E-state index is 11.1. The van der Waals surface area contributed by atoms with Crippen LogP contribution in [0.4, 0.5) is 39.8 Å². The lowest BCUT2D eigenvalue weighted by Gasteiger charge is -2.31. The van der Waals surface area contributed by atoms with Crippen LogP contribution in [0, 0.1) is 30.3 Å². The van der Waals surface area contributed by atoms with Gasteiger partial charge in [0.1, 0.15) is 0 Å². The second-order valence-electron chi connectivity index (χ2n) is 9.32. The van der Waals surface area contributed by atoms with Gasteiger partial charge in [-0.15, -0.1) is 0 Å². The van der Waals surface area contributed by atoms with Crippen LogP contribution in [0.25, 0.3) is 22.3 Å². The van der Waals surface area contributed by atoms with E-state index in [4.69, 9.17) is 0 Å². The van der Waals surface area contributed by atoms with Gasteiger partial charge >= 0.3 is 0 Å². The van der Waals surface area contributed by atoms with E-state index < -0.39 is 37.6 Å². The molecule has 0 radical (unpaired) electrons. The van der Waals surface area contributed by atoms with Crippen molar-refractivity contribution in [1.82, 2.24) is 4.48 Å². The summed E-state index contributed by atoms with van der Waals surface area (Å²) in [6.07, 6.45) is 0. The van der Waals surface area contributed by atoms with Gasteiger partial charge in [-0.3, -0.25) is 30.3 Å². The van der Waals surface area contributed by atoms with Crippen molar-refractivity contribution in [3.05, 3.63) is 140 Å². The van der Waals surface area contributed by atoms with Crippen LogP contribution in [-0.4, -0.2) is 14.8 Å². The summed E-state index contributed by atoms with van der Waals surface area (Å²) in [4.78, 5) is 27.5. The van der Waals surface area contributed by atoms with E-state index in [9.17, 15) is 35.4 Å². The van der Waals surface area contributed by atoms with Gasteiger partial charge in [0.05, 0.1) is 54.9 Å². The van der Waals surface area contributed by atoms with E-state index in [1.165, 1.54) is 45.0 Å². The zero-order valence-corrected chi connectivity index (χ0v) is 21.0. The van der Waals surface area contributed by atoms with Gasteiger partial charge in [0.25, 0.3) is 17.1 Å². The number of benzene rings is 5. The van der Waals surface area contributed by atoms with Crippen molar-refractivity contribution in [2.24, 2.45) is 0 Å². The van der Waals surface area contributed by atoms with Crippen LogP contribution >= 0.6 is 0 Å². The van der Waals surface area contributed by atoms with Gasteiger partial charge in [-0.2, -0.15) is 4.48 Å². The van der Waals surface area contributed by atoms with E-state index >= 15 is 0 Å². The molecule has 0 aliphatic carbocycles. The second-order valence-corrected chi connectivity index (χ2v) is 9.32. The molecule has 200 valence electrons. The highest BCUT2D eigenvalue weighted by Gasteiger charge is 2.53. The number of para-hydroxylation sites is 4. The van der Waals surface area contributed by atoms with Gasteiger partial charge in [0.2, 0.25) is 0 Å². The first-order valence-electron chi connectivity index (χ1n) is 12.3. The predicted molar refractivity (Wildman–Crippen MR) is 150 cm³/mol. The van der Waals surface area contributed by atoms with Crippen molar-refractivity contribution in [1.29, 1.82) is 0 Å². The lowest BCUT2D eigenvalue weighted by atomic mass is 10.1. The Morgan fingerprint density at radius 2 is 0.756 bits per heavy atom. The highest BCUT2D eigenvalue weighted by molar-refractivity contribution is 6.10. The SMILES string of the molecule is O=[N+]([O-])c1cc([N+](=O)[O-])c([O-])c([N+](=O)[O-])c1.c1ccc2c(c1)-c1ccccc1[N+]21c2ccccc2-c2ccccc21. The first-order chi connectivity index (χ1) is 19.8. The summed E-state index contributed by atoms with van der Waals surface area (Å²) >= 11 is 0. The predicted octanol–water partition coefficient (Wildman–Crippen LogP) is 7.43. The molecule has 0 N–H and O–H groups in total. The topological polar surface area (TPSA) is 152 Å². The molecule has 2 aliphatic rings. The summed E-state index contributed by atoms with van der Waals surface area (Å²) < 4.78 is 0.707. The van der Waals surface area contributed by atoms with Gasteiger partial charge < -0.3 is 5.11 Å². The quantitative estimate of drug-likeness (QED) is 0.127. The van der Waals surface area contributed by atoms with Crippen LogP contribution < -0.4 is 9.59 Å². The average molecular weight is 546 g/mol. The molecular formula is C30H18N4O7. The van der Waals surface area contributed by atoms with Crippen molar-refractivity contribution >= 4 is 39.8 Å². The molecule has 11 nitrogen and oxygen atoms in total. The molecule has 0 amide bonds. The minimum absolute atomic E-state index is 0.384. The average Bonchev–Trinajstić information content (AvgIpc) is 3.45. The smallest absolute Gasteiger partial charge is 0.283 e. The maximum Gasteiger partial charge on any atom is 0.283 e. The molecule has 1 spiro atoms. The summed E-state index contributed by atoms with van der Waals surface area (Å²) in [5.74, 6) is -1.46. The lowest BCUT2D eigenvalue weighted by molar-refractivity contribution is -0.420. The van der Waals surface area contributed by atoms with E-state index in [0.29, 0.717) is 16.6 Å². The minimum atomic E-state index is -1.46. The van der Waals surface area contributed by atoms with Gasteiger partial charge in [-0.25, -0.2) is 0 Å². The van der Waals surface area contributed by atoms with Crippen LogP contribution in [0.1, 0.15) is 0 Å². The molecule has 0 unspecified atom stereocenters. The van der Waals surface area contributed by atoms with Crippen LogP contribution in [0.15, 0.2) is 109 Å². The monoisotopic (exact) mass is 546 g/mol. The lowest BCUT2D eigenvalue weighted by Crippen LogP contribution is -2.28. The van der Waals surface area contributed by atoms with Crippen LogP contribution in [0.3, 0.4) is 0 Å². The number of non-ortho nitro benzene ring substituents is 1. The van der Waals surface area contributed by atoms with E-state index in [-0.39, 0.29) is 0 Å². The molecule has 5 aromatic rings. The first-order valence-corrected chi connectivity index (χ1v) is 12.3.